The van der Waals surface area contributed by atoms with Gasteiger partial charge >= 0.3 is 17.9 Å². The first kappa shape index (κ1) is 80.2. The minimum absolute atomic E-state index is 0.171. The van der Waals surface area contributed by atoms with Crippen LogP contribution in [0.5, 0.6) is 0 Å². The number of rotatable bonds is 61. The topological polar surface area (TPSA) is 108 Å². The summed E-state index contributed by atoms with van der Waals surface area (Å²) in [5.74, 6) is -2.12. The molecule has 0 heterocycles. The van der Waals surface area contributed by atoms with Crippen LogP contribution in [0.3, 0.4) is 0 Å². The molecule has 0 saturated heterocycles. The SMILES string of the molecule is CC/C=C\C/C=C\C/C=C\C/C=C\C/C=C\C/C=C\CCCCCCCCCCCCCCCCCCCCCCCCC(=O)OC(COC(=O)CC/C=C\C/C=C\C/C=C\C/C=C\C/C=C\C/C=C\CC)COC(OCC[N+](C)(C)C)C(=O)O. The number of hydrogen-bond donors (Lipinski definition) is 1. The monoisotopic (exact) mass is 1180 g/mol. The molecule has 0 radical (unpaired) electrons. The Morgan fingerprint density at radius 1 is 0.353 bits per heavy atom. The van der Waals surface area contributed by atoms with Crippen molar-refractivity contribution in [2.75, 3.05) is 47.5 Å². The molecule has 0 bridgehead atoms. The molecule has 9 nitrogen and oxygen atoms in total. The fourth-order valence-electron chi connectivity index (χ4n) is 8.99. The fourth-order valence-corrected chi connectivity index (χ4v) is 8.99. The van der Waals surface area contributed by atoms with Crippen LogP contribution in [0.15, 0.2) is 146 Å². The van der Waals surface area contributed by atoms with E-state index in [9.17, 15) is 19.5 Å². The van der Waals surface area contributed by atoms with E-state index < -0.39 is 30.3 Å². The lowest BCUT2D eigenvalue weighted by molar-refractivity contribution is -0.870. The zero-order valence-electron chi connectivity index (χ0n) is 55.0. The van der Waals surface area contributed by atoms with Gasteiger partial charge in [-0.1, -0.05) is 288 Å². The standard InChI is InChI=1S/C76H125NO8/c1-6-8-10-12-14-16-18-20-22-24-26-27-28-29-30-31-32-33-34-35-36-37-38-39-40-41-42-43-44-45-46-47-49-51-53-55-57-59-61-63-65-67-74(79)85-72(71-84-76(75(80)81)82-69-68-77(3,4)5)70-83-73(78)66-64-62-60-58-56-54-52-50-48-25-23-21-19-17-15-13-11-9-7-2/h8-11,14-17,20-23,26-27,29-30,32-33,48,50,54,56,60,62,72,76H,6-7,12-13,18-19,24-25,28,31,34-47,49,51-53,55,57-59,61,63-71H2,1-5H3/p+1/b10-8-,11-9-,16-14-,17-15-,22-20-,23-21-,27-26-,30-29-,33-32-,50-48-,56-54-,62-60-. The normalized spacial score (nSPS) is 13.7. The number of quaternary nitrogens is 1. The number of aliphatic carboxylic acids is 1. The quantitative estimate of drug-likeness (QED) is 0.0211. The highest BCUT2D eigenvalue weighted by atomic mass is 16.7. The van der Waals surface area contributed by atoms with Crippen molar-refractivity contribution in [3.63, 3.8) is 0 Å². The predicted octanol–water partition coefficient (Wildman–Crippen LogP) is 21.1. The van der Waals surface area contributed by atoms with E-state index in [0.29, 0.717) is 23.9 Å². The number of carboxylic acid groups (broad SMARTS) is 1. The molecule has 0 aromatic heterocycles. The van der Waals surface area contributed by atoms with Gasteiger partial charge in [0.1, 0.15) is 13.2 Å². The Balaban J connectivity index is 4.08. The summed E-state index contributed by atoms with van der Waals surface area (Å²) in [6.07, 6.45) is 92.8. The number of unbranched alkanes of at least 4 members (excludes halogenated alkanes) is 22. The maximum Gasteiger partial charge on any atom is 0.361 e. The first-order valence-electron chi connectivity index (χ1n) is 34.0. The molecule has 0 aliphatic carbocycles. The maximum absolute atomic E-state index is 12.9. The Labute approximate surface area is 522 Å². The van der Waals surface area contributed by atoms with Crippen LogP contribution in [0.4, 0.5) is 0 Å². The van der Waals surface area contributed by atoms with Crippen LogP contribution in [-0.2, 0) is 33.3 Å². The van der Waals surface area contributed by atoms with Crippen LogP contribution >= 0.6 is 0 Å². The summed E-state index contributed by atoms with van der Waals surface area (Å²) >= 11 is 0. The van der Waals surface area contributed by atoms with Crippen LogP contribution in [0.1, 0.15) is 258 Å². The Hall–Kier alpha value is -4.83. The summed E-state index contributed by atoms with van der Waals surface area (Å²) in [4.78, 5) is 37.5. The number of carbonyl (C=O) groups is 3. The van der Waals surface area contributed by atoms with Gasteiger partial charge in [0.2, 0.25) is 0 Å². The number of nitrogens with zero attached hydrogens (tertiary/aromatic N) is 1. The third-order valence-corrected chi connectivity index (χ3v) is 14.1. The van der Waals surface area contributed by atoms with Crippen molar-refractivity contribution < 1.29 is 42.9 Å². The van der Waals surface area contributed by atoms with E-state index in [-0.39, 0.29) is 32.7 Å². The Morgan fingerprint density at radius 2 is 0.659 bits per heavy atom. The zero-order valence-corrected chi connectivity index (χ0v) is 55.0. The van der Waals surface area contributed by atoms with Gasteiger partial charge < -0.3 is 28.5 Å². The van der Waals surface area contributed by atoms with Gasteiger partial charge in [-0.25, -0.2) is 4.79 Å². The molecule has 2 unspecified atom stereocenters. The molecule has 0 fully saturated rings. The molecular weight excluding hydrogens is 1050 g/mol. The predicted molar refractivity (Wildman–Crippen MR) is 364 cm³/mol. The van der Waals surface area contributed by atoms with Crippen LogP contribution in [0.2, 0.25) is 0 Å². The highest BCUT2D eigenvalue weighted by Gasteiger charge is 2.25. The first-order valence-corrected chi connectivity index (χ1v) is 34.0. The van der Waals surface area contributed by atoms with E-state index in [0.717, 1.165) is 96.3 Å². The van der Waals surface area contributed by atoms with E-state index in [2.05, 4.69) is 148 Å². The lowest BCUT2D eigenvalue weighted by Crippen LogP contribution is -2.40. The van der Waals surface area contributed by atoms with Crippen molar-refractivity contribution in [3.8, 4) is 0 Å². The second-order valence-electron chi connectivity index (χ2n) is 23.4. The number of carbonyl (C=O) groups excluding carboxylic acids is 2. The third-order valence-electron chi connectivity index (χ3n) is 14.1. The molecule has 0 aromatic carbocycles. The molecule has 85 heavy (non-hydrogen) atoms. The third kappa shape index (κ3) is 66.5. The van der Waals surface area contributed by atoms with Gasteiger partial charge in [-0.05, 0) is 103 Å². The number of likely N-dealkylation sites (N-methyl/N-ethyl adjacent to an activating group) is 1. The van der Waals surface area contributed by atoms with Crippen molar-refractivity contribution in [2.45, 2.75) is 270 Å². The number of allylic oxidation sites excluding steroid dienone is 24. The van der Waals surface area contributed by atoms with E-state index >= 15 is 0 Å². The molecule has 0 aliphatic heterocycles. The fraction of sp³-hybridized carbons (Fsp3) is 0.645. The van der Waals surface area contributed by atoms with Gasteiger partial charge in [-0.2, -0.15) is 0 Å². The molecular formula is C76H126NO8+. The molecule has 0 aromatic rings. The van der Waals surface area contributed by atoms with E-state index in [1.807, 2.05) is 33.3 Å². The van der Waals surface area contributed by atoms with E-state index in [1.54, 1.807) is 0 Å². The summed E-state index contributed by atoms with van der Waals surface area (Å²) in [6.45, 7) is 4.56. The van der Waals surface area contributed by atoms with E-state index in [4.69, 9.17) is 18.9 Å². The number of ether oxygens (including phenoxy) is 4. The Kier molecular flexibility index (Phi) is 61.4. The van der Waals surface area contributed by atoms with Crippen LogP contribution in [-0.4, -0.2) is 87.4 Å². The summed E-state index contributed by atoms with van der Waals surface area (Å²) < 4.78 is 22.8. The molecule has 1 N–H and O–H groups in total. The van der Waals surface area contributed by atoms with Crippen molar-refractivity contribution in [1.82, 2.24) is 0 Å². The molecule has 0 amide bonds. The van der Waals surface area contributed by atoms with Gasteiger partial charge in [0, 0.05) is 12.8 Å². The zero-order chi connectivity index (χ0) is 61.9. The molecule has 2 atom stereocenters. The molecule has 0 saturated carbocycles. The van der Waals surface area contributed by atoms with Crippen molar-refractivity contribution >= 4 is 17.9 Å². The molecule has 9 heteroatoms. The van der Waals surface area contributed by atoms with E-state index in [1.165, 1.54) is 122 Å². The summed E-state index contributed by atoms with van der Waals surface area (Å²) in [5, 5.41) is 9.72. The number of hydrogen-bond acceptors (Lipinski definition) is 7. The van der Waals surface area contributed by atoms with Crippen LogP contribution in [0, 0.1) is 0 Å². The minimum atomic E-state index is -1.53. The first-order chi connectivity index (χ1) is 41.6. The van der Waals surface area contributed by atoms with Crippen molar-refractivity contribution in [3.05, 3.63) is 146 Å². The summed E-state index contributed by atoms with van der Waals surface area (Å²) in [7, 11) is 5.95. The Morgan fingerprint density at radius 3 is 0.988 bits per heavy atom. The maximum atomic E-state index is 12.9. The second-order valence-corrected chi connectivity index (χ2v) is 23.4. The average molecular weight is 1180 g/mol. The average Bonchev–Trinajstić information content (AvgIpc) is 3.49. The van der Waals surface area contributed by atoms with Gasteiger partial charge in [0.15, 0.2) is 6.10 Å². The second kappa shape index (κ2) is 65.2. The summed E-state index contributed by atoms with van der Waals surface area (Å²) in [6, 6.07) is 0. The van der Waals surface area contributed by atoms with Crippen molar-refractivity contribution in [2.24, 2.45) is 0 Å². The van der Waals surface area contributed by atoms with Crippen molar-refractivity contribution in [1.29, 1.82) is 0 Å². The largest absolute Gasteiger partial charge is 0.477 e. The molecule has 0 rings (SSSR count). The number of esters is 2. The Bertz CT molecular complexity index is 1900. The smallest absolute Gasteiger partial charge is 0.361 e. The van der Waals surface area contributed by atoms with Gasteiger partial charge in [0.05, 0.1) is 34.4 Å². The van der Waals surface area contributed by atoms with Gasteiger partial charge in [-0.15, -0.1) is 0 Å². The van der Waals surface area contributed by atoms with Crippen LogP contribution < -0.4 is 0 Å². The van der Waals surface area contributed by atoms with Gasteiger partial charge in [-0.3, -0.25) is 9.59 Å². The molecule has 482 valence electrons. The lowest BCUT2D eigenvalue weighted by atomic mass is 10.0. The lowest BCUT2D eigenvalue weighted by Gasteiger charge is -2.25. The highest BCUT2D eigenvalue weighted by Crippen LogP contribution is 2.17. The molecule has 0 aliphatic rings. The van der Waals surface area contributed by atoms with Gasteiger partial charge in [0.25, 0.3) is 6.29 Å². The number of carboxylic acids is 1. The summed E-state index contributed by atoms with van der Waals surface area (Å²) in [5.41, 5.74) is 0. The minimum Gasteiger partial charge on any atom is -0.477 e. The highest BCUT2D eigenvalue weighted by molar-refractivity contribution is 5.71. The molecule has 0 spiro atoms. The van der Waals surface area contributed by atoms with Crippen LogP contribution in [0.25, 0.3) is 0 Å².